The van der Waals surface area contributed by atoms with Crippen molar-refractivity contribution in [3.8, 4) is 0 Å². The van der Waals surface area contributed by atoms with Gasteiger partial charge in [-0.1, -0.05) is 0 Å². The van der Waals surface area contributed by atoms with Crippen LogP contribution in [0, 0.1) is 0 Å². The number of amides is 1. The van der Waals surface area contributed by atoms with Crippen LogP contribution in [0.5, 0.6) is 0 Å². The Balaban J connectivity index is 2.56. The van der Waals surface area contributed by atoms with Gasteiger partial charge in [0.05, 0.1) is 17.9 Å². The zero-order valence-corrected chi connectivity index (χ0v) is 13.9. The summed E-state index contributed by atoms with van der Waals surface area (Å²) in [6.07, 6.45) is 1.07. The van der Waals surface area contributed by atoms with E-state index in [0.29, 0.717) is 48.4 Å². The maximum Gasteiger partial charge on any atom is 0.338 e. The van der Waals surface area contributed by atoms with Gasteiger partial charge in [0, 0.05) is 24.1 Å². The Labute approximate surface area is 133 Å². The highest BCUT2D eigenvalue weighted by Gasteiger charge is 2.11. The number of hydrogen-bond donors (Lipinski definition) is 1. The maximum absolute atomic E-state index is 11.8. The molecular formula is C15H20BrNO4. The summed E-state index contributed by atoms with van der Waals surface area (Å²) in [5, 5.41) is 2.79. The molecule has 0 atom stereocenters. The summed E-state index contributed by atoms with van der Waals surface area (Å²) in [6.45, 7) is 5.23. The van der Waals surface area contributed by atoms with Crippen LogP contribution in [-0.4, -0.2) is 31.7 Å². The molecule has 6 heteroatoms. The first kappa shape index (κ1) is 17.7. The minimum Gasteiger partial charge on any atom is -0.462 e. The Bertz CT molecular complexity index is 491. The Hall–Kier alpha value is -1.40. The Morgan fingerprint density at radius 3 is 2.62 bits per heavy atom. The zero-order valence-electron chi connectivity index (χ0n) is 12.3. The highest BCUT2D eigenvalue weighted by Crippen LogP contribution is 2.24. The van der Waals surface area contributed by atoms with Gasteiger partial charge in [-0.3, -0.25) is 4.79 Å². The smallest absolute Gasteiger partial charge is 0.338 e. The Kier molecular flexibility index (Phi) is 8.00. The molecule has 0 radical (unpaired) electrons. The van der Waals surface area contributed by atoms with E-state index in [0.717, 1.165) is 0 Å². The van der Waals surface area contributed by atoms with Crippen molar-refractivity contribution in [1.29, 1.82) is 0 Å². The van der Waals surface area contributed by atoms with Crippen molar-refractivity contribution < 1.29 is 19.1 Å². The maximum atomic E-state index is 11.8. The number of rotatable bonds is 8. The third-order valence-electron chi connectivity index (χ3n) is 2.65. The van der Waals surface area contributed by atoms with E-state index < -0.39 is 0 Å². The van der Waals surface area contributed by atoms with Crippen molar-refractivity contribution in [2.24, 2.45) is 0 Å². The van der Waals surface area contributed by atoms with Gasteiger partial charge in [0.2, 0.25) is 5.91 Å². The average molecular weight is 358 g/mol. The van der Waals surface area contributed by atoms with Crippen molar-refractivity contribution in [1.82, 2.24) is 0 Å². The second-order valence-corrected chi connectivity index (χ2v) is 5.12. The van der Waals surface area contributed by atoms with Crippen LogP contribution >= 0.6 is 15.9 Å². The molecule has 1 rings (SSSR count). The highest BCUT2D eigenvalue weighted by atomic mass is 79.9. The largest absolute Gasteiger partial charge is 0.462 e. The molecule has 0 aromatic heterocycles. The third kappa shape index (κ3) is 6.27. The second kappa shape index (κ2) is 9.52. The summed E-state index contributed by atoms with van der Waals surface area (Å²) >= 11 is 3.34. The lowest BCUT2D eigenvalue weighted by Gasteiger charge is -2.09. The number of anilines is 1. The number of hydrogen-bond acceptors (Lipinski definition) is 4. The summed E-state index contributed by atoms with van der Waals surface area (Å²) in [5.74, 6) is -0.466. The van der Waals surface area contributed by atoms with Gasteiger partial charge in [-0.15, -0.1) is 0 Å². The van der Waals surface area contributed by atoms with Gasteiger partial charge in [-0.05, 0) is 54.4 Å². The number of nitrogens with one attached hydrogen (secondary N) is 1. The summed E-state index contributed by atoms with van der Waals surface area (Å²) in [4.78, 5) is 23.4. The van der Waals surface area contributed by atoms with E-state index >= 15 is 0 Å². The van der Waals surface area contributed by atoms with Gasteiger partial charge in [-0.2, -0.15) is 0 Å². The number of benzene rings is 1. The standard InChI is InChI=1S/C15H20BrNO4/c1-3-20-9-5-6-14(18)17-13-8-7-11(10-12(13)16)15(19)21-4-2/h7-8,10H,3-6,9H2,1-2H3,(H,17,18). The van der Waals surface area contributed by atoms with E-state index in [-0.39, 0.29) is 11.9 Å². The predicted molar refractivity (Wildman–Crippen MR) is 84.5 cm³/mol. The normalized spacial score (nSPS) is 10.2. The first-order valence-electron chi connectivity index (χ1n) is 6.92. The zero-order chi connectivity index (χ0) is 15.7. The van der Waals surface area contributed by atoms with Gasteiger partial charge in [-0.25, -0.2) is 4.79 Å². The predicted octanol–water partition coefficient (Wildman–Crippen LogP) is 3.38. The van der Waals surface area contributed by atoms with Crippen LogP contribution < -0.4 is 5.32 Å². The SMILES string of the molecule is CCOCCCC(=O)Nc1ccc(C(=O)OCC)cc1Br. The van der Waals surface area contributed by atoms with E-state index in [1.165, 1.54) is 0 Å². The van der Waals surface area contributed by atoms with Crippen LogP contribution in [0.4, 0.5) is 5.69 Å². The van der Waals surface area contributed by atoms with Gasteiger partial charge in [0.1, 0.15) is 0 Å². The fourth-order valence-corrected chi connectivity index (χ4v) is 2.13. The summed E-state index contributed by atoms with van der Waals surface area (Å²) in [6, 6.07) is 4.93. The molecule has 1 N–H and O–H groups in total. The summed E-state index contributed by atoms with van der Waals surface area (Å²) in [5.41, 5.74) is 1.07. The minimum atomic E-state index is -0.382. The first-order chi connectivity index (χ1) is 10.1. The van der Waals surface area contributed by atoms with Crippen molar-refractivity contribution in [3.63, 3.8) is 0 Å². The number of carbonyl (C=O) groups excluding carboxylic acids is 2. The molecule has 116 valence electrons. The van der Waals surface area contributed by atoms with Crippen LogP contribution in [0.1, 0.15) is 37.0 Å². The topological polar surface area (TPSA) is 64.6 Å². The van der Waals surface area contributed by atoms with Gasteiger partial charge < -0.3 is 14.8 Å². The molecule has 0 aliphatic carbocycles. The van der Waals surface area contributed by atoms with Crippen molar-refractivity contribution in [2.45, 2.75) is 26.7 Å². The molecule has 0 spiro atoms. The molecule has 0 unspecified atom stereocenters. The van der Waals surface area contributed by atoms with E-state index in [2.05, 4.69) is 21.2 Å². The minimum absolute atomic E-state index is 0.0840. The van der Waals surface area contributed by atoms with Crippen LogP contribution in [0.3, 0.4) is 0 Å². The number of carbonyl (C=O) groups is 2. The van der Waals surface area contributed by atoms with Crippen molar-refractivity contribution in [2.75, 3.05) is 25.1 Å². The monoisotopic (exact) mass is 357 g/mol. The lowest BCUT2D eigenvalue weighted by Crippen LogP contribution is -2.13. The molecule has 0 bridgehead atoms. The molecule has 0 aliphatic rings. The Morgan fingerprint density at radius 2 is 2.00 bits per heavy atom. The summed E-state index contributed by atoms with van der Waals surface area (Å²) < 4.78 is 10.7. The second-order valence-electron chi connectivity index (χ2n) is 4.26. The fourth-order valence-electron chi connectivity index (χ4n) is 1.65. The molecule has 0 fully saturated rings. The molecule has 1 aromatic rings. The van der Waals surface area contributed by atoms with E-state index in [1.807, 2.05) is 6.92 Å². The van der Waals surface area contributed by atoms with Crippen LogP contribution in [-0.2, 0) is 14.3 Å². The van der Waals surface area contributed by atoms with Gasteiger partial charge in [0.15, 0.2) is 0 Å². The molecule has 21 heavy (non-hydrogen) atoms. The number of halogens is 1. The van der Waals surface area contributed by atoms with E-state index in [9.17, 15) is 9.59 Å². The van der Waals surface area contributed by atoms with Gasteiger partial charge >= 0.3 is 5.97 Å². The van der Waals surface area contributed by atoms with E-state index in [4.69, 9.17) is 9.47 Å². The highest BCUT2D eigenvalue weighted by molar-refractivity contribution is 9.10. The lowest BCUT2D eigenvalue weighted by atomic mass is 10.2. The molecule has 0 aliphatic heterocycles. The molecular weight excluding hydrogens is 338 g/mol. The van der Waals surface area contributed by atoms with E-state index in [1.54, 1.807) is 25.1 Å². The molecule has 0 heterocycles. The third-order valence-corrected chi connectivity index (χ3v) is 3.31. The molecule has 0 saturated heterocycles. The van der Waals surface area contributed by atoms with Crippen molar-refractivity contribution in [3.05, 3.63) is 28.2 Å². The van der Waals surface area contributed by atoms with Crippen LogP contribution in [0.25, 0.3) is 0 Å². The average Bonchev–Trinajstić information content (AvgIpc) is 2.46. The van der Waals surface area contributed by atoms with Crippen LogP contribution in [0.15, 0.2) is 22.7 Å². The first-order valence-corrected chi connectivity index (χ1v) is 7.72. The molecule has 0 saturated carbocycles. The van der Waals surface area contributed by atoms with Crippen molar-refractivity contribution >= 4 is 33.5 Å². The number of ether oxygens (including phenoxy) is 2. The van der Waals surface area contributed by atoms with Gasteiger partial charge in [0.25, 0.3) is 0 Å². The Morgan fingerprint density at radius 1 is 1.24 bits per heavy atom. The summed E-state index contributed by atoms with van der Waals surface area (Å²) in [7, 11) is 0. The quantitative estimate of drug-likeness (QED) is 0.572. The molecule has 1 aromatic carbocycles. The number of esters is 1. The fraction of sp³-hybridized carbons (Fsp3) is 0.467. The molecule has 1 amide bonds. The van der Waals surface area contributed by atoms with Crippen LogP contribution in [0.2, 0.25) is 0 Å². The molecule has 5 nitrogen and oxygen atoms in total. The lowest BCUT2D eigenvalue weighted by molar-refractivity contribution is -0.116.